The number of aliphatic hydroxyl groups excluding tert-OH is 1. The lowest BCUT2D eigenvalue weighted by Crippen LogP contribution is -2.04. The molecule has 0 radical (unpaired) electrons. The standard InChI is InChI=1S/C14H17NOS/c1-9-6-11(3)12(7-10(9)2)13(16)8-14-15-4-5-17-14/h4-7,13,16H,8H2,1-3H3. The number of nitrogens with zero attached hydrogens (tertiary/aromatic N) is 1. The molecule has 2 rings (SSSR count). The lowest BCUT2D eigenvalue weighted by molar-refractivity contribution is 0.177. The van der Waals surface area contributed by atoms with Gasteiger partial charge in [0.05, 0.1) is 11.1 Å². The van der Waals surface area contributed by atoms with E-state index in [0.29, 0.717) is 6.42 Å². The minimum Gasteiger partial charge on any atom is -0.388 e. The van der Waals surface area contributed by atoms with Gasteiger partial charge in [-0.3, -0.25) is 0 Å². The van der Waals surface area contributed by atoms with E-state index in [4.69, 9.17) is 0 Å². The van der Waals surface area contributed by atoms with Gasteiger partial charge in [0.15, 0.2) is 0 Å². The van der Waals surface area contributed by atoms with E-state index >= 15 is 0 Å². The molecule has 17 heavy (non-hydrogen) atoms. The van der Waals surface area contributed by atoms with Crippen molar-refractivity contribution in [2.24, 2.45) is 0 Å². The Labute approximate surface area is 106 Å². The summed E-state index contributed by atoms with van der Waals surface area (Å²) < 4.78 is 0. The molecule has 0 amide bonds. The zero-order valence-corrected chi connectivity index (χ0v) is 11.2. The van der Waals surface area contributed by atoms with Crippen LogP contribution in [0.5, 0.6) is 0 Å². The third kappa shape index (κ3) is 2.73. The van der Waals surface area contributed by atoms with Gasteiger partial charge in [-0.15, -0.1) is 11.3 Å². The van der Waals surface area contributed by atoms with Crippen molar-refractivity contribution >= 4 is 11.3 Å². The molecule has 1 heterocycles. The molecular formula is C14H17NOS. The molecule has 1 atom stereocenters. The molecular weight excluding hydrogens is 230 g/mol. The van der Waals surface area contributed by atoms with Gasteiger partial charge in [0.2, 0.25) is 0 Å². The Morgan fingerprint density at radius 1 is 1.18 bits per heavy atom. The topological polar surface area (TPSA) is 33.1 Å². The van der Waals surface area contributed by atoms with E-state index in [-0.39, 0.29) is 0 Å². The molecule has 0 aliphatic carbocycles. The van der Waals surface area contributed by atoms with Crippen LogP contribution in [0.2, 0.25) is 0 Å². The average Bonchev–Trinajstić information content (AvgIpc) is 2.76. The highest BCUT2D eigenvalue weighted by molar-refractivity contribution is 7.09. The zero-order valence-electron chi connectivity index (χ0n) is 10.4. The minimum absolute atomic E-state index is 0.458. The van der Waals surface area contributed by atoms with Crippen LogP contribution in [0.1, 0.15) is 33.4 Å². The predicted octanol–water partition coefficient (Wildman–Crippen LogP) is 3.34. The molecule has 0 saturated heterocycles. The fourth-order valence-corrected chi connectivity index (χ4v) is 2.63. The van der Waals surface area contributed by atoms with E-state index in [1.165, 1.54) is 11.1 Å². The Balaban J connectivity index is 2.24. The van der Waals surface area contributed by atoms with Gasteiger partial charge in [0, 0.05) is 18.0 Å². The Morgan fingerprint density at radius 2 is 1.88 bits per heavy atom. The van der Waals surface area contributed by atoms with Crippen molar-refractivity contribution in [3.05, 3.63) is 51.0 Å². The third-order valence-corrected chi connectivity index (χ3v) is 3.89. The number of benzene rings is 1. The second kappa shape index (κ2) is 4.98. The first kappa shape index (κ1) is 12.3. The summed E-state index contributed by atoms with van der Waals surface area (Å²) in [4.78, 5) is 4.21. The zero-order chi connectivity index (χ0) is 12.4. The van der Waals surface area contributed by atoms with Crippen LogP contribution >= 0.6 is 11.3 Å². The summed E-state index contributed by atoms with van der Waals surface area (Å²) in [6.45, 7) is 6.22. The van der Waals surface area contributed by atoms with Crippen LogP contribution in [0.3, 0.4) is 0 Å². The number of aromatic nitrogens is 1. The van der Waals surface area contributed by atoms with Gasteiger partial charge in [-0.25, -0.2) is 4.98 Å². The molecule has 0 aliphatic heterocycles. The van der Waals surface area contributed by atoms with Gasteiger partial charge in [0.1, 0.15) is 0 Å². The quantitative estimate of drug-likeness (QED) is 0.902. The molecule has 0 bridgehead atoms. The summed E-state index contributed by atoms with van der Waals surface area (Å²) in [7, 11) is 0. The van der Waals surface area contributed by atoms with Crippen LogP contribution in [0, 0.1) is 20.8 Å². The van der Waals surface area contributed by atoms with Gasteiger partial charge in [-0.2, -0.15) is 0 Å². The largest absolute Gasteiger partial charge is 0.388 e. The molecule has 1 aromatic carbocycles. The molecule has 0 spiro atoms. The monoisotopic (exact) mass is 247 g/mol. The number of aliphatic hydroxyl groups is 1. The Kier molecular flexibility index (Phi) is 3.60. The van der Waals surface area contributed by atoms with Crippen molar-refractivity contribution in [3.8, 4) is 0 Å². The highest BCUT2D eigenvalue weighted by Crippen LogP contribution is 2.25. The van der Waals surface area contributed by atoms with E-state index in [0.717, 1.165) is 16.1 Å². The van der Waals surface area contributed by atoms with Crippen molar-refractivity contribution in [2.45, 2.75) is 33.3 Å². The SMILES string of the molecule is Cc1cc(C)c(C(O)Cc2nccs2)cc1C. The average molecular weight is 247 g/mol. The smallest absolute Gasteiger partial charge is 0.0954 e. The lowest BCUT2D eigenvalue weighted by atomic mass is 9.96. The van der Waals surface area contributed by atoms with Crippen LogP contribution in [0.4, 0.5) is 0 Å². The van der Waals surface area contributed by atoms with Crippen molar-refractivity contribution in [1.82, 2.24) is 4.98 Å². The number of hydrogen-bond acceptors (Lipinski definition) is 3. The fraction of sp³-hybridized carbons (Fsp3) is 0.357. The van der Waals surface area contributed by atoms with Crippen LogP contribution in [-0.2, 0) is 6.42 Å². The first-order chi connectivity index (χ1) is 8.08. The fourth-order valence-electron chi connectivity index (χ4n) is 1.97. The molecule has 2 nitrogen and oxygen atoms in total. The van der Waals surface area contributed by atoms with Crippen molar-refractivity contribution < 1.29 is 5.11 Å². The van der Waals surface area contributed by atoms with Gasteiger partial charge < -0.3 is 5.11 Å². The summed E-state index contributed by atoms with van der Waals surface area (Å²) in [5.74, 6) is 0. The van der Waals surface area contributed by atoms with E-state index in [2.05, 4.69) is 31.0 Å². The highest BCUT2D eigenvalue weighted by atomic mass is 32.1. The van der Waals surface area contributed by atoms with Crippen molar-refractivity contribution in [2.75, 3.05) is 0 Å². The maximum absolute atomic E-state index is 10.3. The van der Waals surface area contributed by atoms with Crippen LogP contribution < -0.4 is 0 Å². The number of aryl methyl sites for hydroxylation is 3. The Morgan fingerprint density at radius 3 is 2.53 bits per heavy atom. The molecule has 0 fully saturated rings. The van der Waals surface area contributed by atoms with Crippen LogP contribution in [0.15, 0.2) is 23.7 Å². The second-order valence-electron chi connectivity index (χ2n) is 4.44. The van der Waals surface area contributed by atoms with Gasteiger partial charge in [-0.1, -0.05) is 12.1 Å². The predicted molar refractivity (Wildman–Crippen MR) is 71.4 cm³/mol. The molecule has 3 heteroatoms. The second-order valence-corrected chi connectivity index (χ2v) is 5.42. The van der Waals surface area contributed by atoms with Crippen molar-refractivity contribution in [3.63, 3.8) is 0 Å². The summed E-state index contributed by atoms with van der Waals surface area (Å²) >= 11 is 1.59. The molecule has 1 aromatic heterocycles. The summed E-state index contributed by atoms with van der Waals surface area (Å²) in [5.41, 5.74) is 4.66. The van der Waals surface area contributed by atoms with Crippen LogP contribution in [0.25, 0.3) is 0 Å². The number of hydrogen-bond donors (Lipinski definition) is 1. The van der Waals surface area contributed by atoms with Crippen LogP contribution in [-0.4, -0.2) is 10.1 Å². The Bertz CT molecular complexity index is 505. The lowest BCUT2D eigenvalue weighted by Gasteiger charge is -2.15. The number of rotatable bonds is 3. The van der Waals surface area contributed by atoms with E-state index < -0.39 is 6.10 Å². The first-order valence-corrected chi connectivity index (χ1v) is 6.60. The van der Waals surface area contributed by atoms with E-state index in [9.17, 15) is 5.11 Å². The molecule has 2 aromatic rings. The summed E-state index contributed by atoms with van der Waals surface area (Å²) in [5, 5.41) is 13.2. The molecule has 90 valence electrons. The van der Waals surface area contributed by atoms with E-state index in [1.54, 1.807) is 17.5 Å². The highest BCUT2D eigenvalue weighted by Gasteiger charge is 2.13. The molecule has 1 unspecified atom stereocenters. The molecule has 0 aliphatic rings. The summed E-state index contributed by atoms with van der Waals surface area (Å²) in [6.07, 6.45) is 1.92. The third-order valence-electron chi connectivity index (χ3n) is 3.09. The summed E-state index contributed by atoms with van der Waals surface area (Å²) in [6, 6.07) is 4.22. The minimum atomic E-state index is -0.458. The maximum Gasteiger partial charge on any atom is 0.0954 e. The maximum atomic E-state index is 10.3. The Hall–Kier alpha value is -1.19. The first-order valence-electron chi connectivity index (χ1n) is 5.72. The van der Waals surface area contributed by atoms with Gasteiger partial charge in [0.25, 0.3) is 0 Å². The van der Waals surface area contributed by atoms with Crippen molar-refractivity contribution in [1.29, 1.82) is 0 Å². The van der Waals surface area contributed by atoms with E-state index in [1.807, 2.05) is 12.3 Å². The van der Waals surface area contributed by atoms with Gasteiger partial charge in [-0.05, 0) is 43.0 Å². The number of thiazole rings is 1. The normalized spacial score (nSPS) is 12.7. The van der Waals surface area contributed by atoms with Gasteiger partial charge >= 0.3 is 0 Å². The molecule has 0 saturated carbocycles. The molecule has 1 N–H and O–H groups in total.